The molecule has 0 saturated carbocycles. The number of likely N-dealkylation sites (tertiary alicyclic amines) is 1. The minimum absolute atomic E-state index is 0.145. The summed E-state index contributed by atoms with van der Waals surface area (Å²) in [7, 11) is 3.97. The summed E-state index contributed by atoms with van der Waals surface area (Å²) in [6, 6.07) is 16.6. The molecule has 6 rings (SSSR count). The Morgan fingerprint density at radius 3 is 2.40 bits per heavy atom. The zero-order chi connectivity index (χ0) is 31.7. The van der Waals surface area contributed by atoms with E-state index in [-0.39, 0.29) is 12.1 Å². The number of aryl methyl sites for hydroxylation is 1. The Hall–Kier alpha value is -4.13. The average molecular weight is 632 g/mol. The maximum atomic E-state index is 13.9. The number of fused-ring (bicyclic) bond motifs is 1. The molecule has 4 heterocycles. The lowest BCUT2D eigenvalue weighted by molar-refractivity contribution is 0.0473. The molecule has 45 heavy (non-hydrogen) atoms. The van der Waals surface area contributed by atoms with Crippen LogP contribution in [-0.2, 0) is 24.8 Å². The Balaban J connectivity index is 1.32. The topological polar surface area (TPSA) is 104 Å². The second-order valence-electron chi connectivity index (χ2n) is 11.8. The first-order valence-corrected chi connectivity index (χ1v) is 16.1. The number of nitrogens with zero attached hydrogens (tertiary/aromatic N) is 6. The largest absolute Gasteiger partial charge is 0.611 e. The number of hydrogen-bond donors (Lipinski definition) is 1. The fourth-order valence-electron chi connectivity index (χ4n) is 5.70. The number of rotatable bonds is 9. The van der Waals surface area contributed by atoms with E-state index in [1.807, 2.05) is 19.2 Å². The summed E-state index contributed by atoms with van der Waals surface area (Å²) in [5, 5.41) is 3.93. The van der Waals surface area contributed by atoms with Gasteiger partial charge in [0.15, 0.2) is 10.6 Å². The van der Waals surface area contributed by atoms with E-state index in [4.69, 9.17) is 4.98 Å². The van der Waals surface area contributed by atoms with Crippen molar-refractivity contribution in [1.29, 1.82) is 0 Å². The van der Waals surface area contributed by atoms with Gasteiger partial charge in [0, 0.05) is 43.6 Å². The van der Waals surface area contributed by atoms with E-state index >= 15 is 0 Å². The monoisotopic (exact) mass is 631 g/mol. The molecule has 1 aliphatic rings. The van der Waals surface area contributed by atoms with Crippen LogP contribution in [0, 0.1) is 0 Å². The first-order valence-electron chi connectivity index (χ1n) is 14.8. The summed E-state index contributed by atoms with van der Waals surface area (Å²) >= 11 is -1.85. The van der Waals surface area contributed by atoms with Crippen LogP contribution >= 0.6 is 0 Å². The van der Waals surface area contributed by atoms with Crippen LogP contribution in [0.2, 0.25) is 0 Å². The Morgan fingerprint density at radius 2 is 1.76 bits per heavy atom. The first kappa shape index (κ1) is 30.9. The minimum Gasteiger partial charge on any atom is -0.611 e. The van der Waals surface area contributed by atoms with Gasteiger partial charge in [-0.2, -0.15) is 4.98 Å². The van der Waals surface area contributed by atoms with Crippen molar-refractivity contribution >= 4 is 33.8 Å². The standard InChI is InChI=1S/C33H35F2N7O2S/c1-33(34,35)21-45(44)27-10-4-22(5-11-27)20-42-29-25(18-28(31(42)43)30-36-14-17-41(30)3)19-37-32(39-29)38-26-8-6-23(7-9-26)24-12-15-40(2)16-13-24/h4-11,14,17-19,24H,12-13,15-16,20-21H2,1-3H3,(H,37,38,39). The zero-order valence-electron chi connectivity index (χ0n) is 25.4. The van der Waals surface area contributed by atoms with Gasteiger partial charge in [0.25, 0.3) is 11.5 Å². The number of anilines is 2. The van der Waals surface area contributed by atoms with Gasteiger partial charge in [-0.1, -0.05) is 24.3 Å². The molecule has 1 aliphatic heterocycles. The van der Waals surface area contributed by atoms with Crippen LogP contribution in [0.4, 0.5) is 20.4 Å². The first-order chi connectivity index (χ1) is 21.5. The molecule has 3 aromatic heterocycles. The second kappa shape index (κ2) is 12.7. The van der Waals surface area contributed by atoms with Crippen LogP contribution in [0.5, 0.6) is 0 Å². The molecule has 9 nitrogen and oxygen atoms in total. The average Bonchev–Trinajstić information content (AvgIpc) is 3.44. The number of piperidine rings is 1. The van der Waals surface area contributed by atoms with E-state index in [9.17, 15) is 18.1 Å². The van der Waals surface area contributed by atoms with Crippen molar-refractivity contribution in [1.82, 2.24) is 29.0 Å². The molecule has 0 bridgehead atoms. The van der Waals surface area contributed by atoms with Gasteiger partial charge in [0.1, 0.15) is 11.5 Å². The number of imidazole rings is 1. The highest BCUT2D eigenvalue weighted by Crippen LogP contribution is 2.29. The van der Waals surface area contributed by atoms with Crippen molar-refractivity contribution in [3.8, 4) is 11.4 Å². The lowest BCUT2D eigenvalue weighted by Crippen LogP contribution is -2.29. The normalized spacial score (nSPS) is 15.4. The van der Waals surface area contributed by atoms with Gasteiger partial charge in [-0.05, 0) is 91.5 Å². The maximum absolute atomic E-state index is 13.9. The molecule has 5 aromatic rings. The van der Waals surface area contributed by atoms with Gasteiger partial charge in [0.05, 0.1) is 12.1 Å². The summed E-state index contributed by atoms with van der Waals surface area (Å²) in [5.41, 5.74) is 3.41. The van der Waals surface area contributed by atoms with E-state index in [0.717, 1.165) is 44.1 Å². The molecule has 0 amide bonds. The number of alkyl halides is 2. The Morgan fingerprint density at radius 1 is 1.04 bits per heavy atom. The third kappa shape index (κ3) is 7.08. The number of benzene rings is 2. The molecule has 1 unspecified atom stereocenters. The van der Waals surface area contributed by atoms with E-state index in [1.54, 1.807) is 58.1 Å². The molecule has 0 aliphatic carbocycles. The lowest BCUT2D eigenvalue weighted by atomic mass is 9.89. The zero-order valence-corrected chi connectivity index (χ0v) is 26.2. The third-order valence-electron chi connectivity index (χ3n) is 8.16. The summed E-state index contributed by atoms with van der Waals surface area (Å²) in [4.78, 5) is 30.3. The molecule has 234 valence electrons. The van der Waals surface area contributed by atoms with E-state index in [0.29, 0.717) is 39.2 Å². The lowest BCUT2D eigenvalue weighted by Gasteiger charge is -2.29. The number of aromatic nitrogens is 5. The van der Waals surface area contributed by atoms with Gasteiger partial charge in [-0.15, -0.1) is 0 Å². The van der Waals surface area contributed by atoms with Gasteiger partial charge >= 0.3 is 0 Å². The van der Waals surface area contributed by atoms with E-state index in [2.05, 4.69) is 39.4 Å². The highest BCUT2D eigenvalue weighted by atomic mass is 32.2. The van der Waals surface area contributed by atoms with Crippen molar-refractivity contribution in [3.05, 3.63) is 94.7 Å². The molecule has 1 fully saturated rings. The quantitative estimate of drug-likeness (QED) is 0.213. The van der Waals surface area contributed by atoms with Crippen LogP contribution in [0.15, 0.2) is 82.9 Å². The van der Waals surface area contributed by atoms with Crippen LogP contribution in [0.1, 0.15) is 36.8 Å². The van der Waals surface area contributed by atoms with Gasteiger partial charge in [-0.25, -0.2) is 18.7 Å². The summed E-state index contributed by atoms with van der Waals surface area (Å²) in [6.07, 6.45) is 7.36. The van der Waals surface area contributed by atoms with Crippen molar-refractivity contribution in [2.75, 3.05) is 31.2 Å². The second-order valence-corrected chi connectivity index (χ2v) is 13.3. The molecule has 2 aromatic carbocycles. The Labute approximate surface area is 263 Å². The van der Waals surface area contributed by atoms with Crippen LogP contribution in [0.3, 0.4) is 0 Å². The summed E-state index contributed by atoms with van der Waals surface area (Å²) in [5.74, 6) is -2.39. The predicted octanol–water partition coefficient (Wildman–Crippen LogP) is 5.56. The SMILES string of the molecule is CN1CCC(c2ccc(Nc3ncc4cc(-c5nccn5C)c(=O)n(Cc5ccc([S+]([O-])CC(C)(F)F)cc5)c4n3)cc2)CC1. The number of hydrogen-bond acceptors (Lipinski definition) is 7. The van der Waals surface area contributed by atoms with E-state index < -0.39 is 22.9 Å². The number of halogens is 2. The molecular formula is C33H35F2N7O2S. The van der Waals surface area contributed by atoms with Crippen LogP contribution < -0.4 is 10.9 Å². The number of pyridine rings is 1. The fourth-order valence-corrected chi connectivity index (χ4v) is 6.77. The van der Waals surface area contributed by atoms with Crippen molar-refractivity contribution in [2.45, 2.75) is 43.0 Å². The van der Waals surface area contributed by atoms with Crippen molar-refractivity contribution in [3.63, 3.8) is 0 Å². The predicted molar refractivity (Wildman–Crippen MR) is 173 cm³/mol. The maximum Gasteiger partial charge on any atom is 0.289 e. The van der Waals surface area contributed by atoms with Crippen LogP contribution in [0.25, 0.3) is 22.4 Å². The van der Waals surface area contributed by atoms with Gasteiger partial charge in [-0.3, -0.25) is 9.36 Å². The molecule has 0 spiro atoms. The van der Waals surface area contributed by atoms with Crippen LogP contribution in [-0.4, -0.2) is 65.4 Å². The third-order valence-corrected chi connectivity index (χ3v) is 9.72. The fraction of sp³-hybridized carbons (Fsp3) is 0.333. The molecule has 1 atom stereocenters. The molecular weight excluding hydrogens is 596 g/mol. The van der Waals surface area contributed by atoms with Crippen molar-refractivity contribution in [2.24, 2.45) is 7.05 Å². The smallest absolute Gasteiger partial charge is 0.289 e. The highest BCUT2D eigenvalue weighted by molar-refractivity contribution is 7.91. The number of nitrogens with one attached hydrogen (secondary N) is 1. The van der Waals surface area contributed by atoms with Gasteiger partial charge in [0.2, 0.25) is 5.95 Å². The molecule has 12 heteroatoms. The Bertz CT molecular complexity index is 1850. The molecule has 1 saturated heterocycles. The van der Waals surface area contributed by atoms with Gasteiger partial charge < -0.3 is 19.3 Å². The molecule has 0 radical (unpaired) electrons. The minimum atomic E-state index is -3.04. The Kier molecular flexibility index (Phi) is 8.71. The van der Waals surface area contributed by atoms with Crippen molar-refractivity contribution < 1.29 is 13.3 Å². The summed E-state index contributed by atoms with van der Waals surface area (Å²) < 4.78 is 42.6. The highest BCUT2D eigenvalue weighted by Gasteiger charge is 2.30. The molecule has 1 N–H and O–H groups in total. The van der Waals surface area contributed by atoms with E-state index in [1.165, 1.54) is 5.56 Å². The summed E-state index contributed by atoms with van der Waals surface area (Å²) in [6.45, 7) is 3.09.